The van der Waals surface area contributed by atoms with E-state index in [1.807, 2.05) is 31.2 Å². The number of nitrogens with one attached hydrogen (secondary N) is 1. The standard InChI is InChI=1S/C23H28N6O4S/c1-17-4-2-3-5-20(17)23-26-22(33-27-23)16-29-14-12-28(13-15-29)11-10-21(30)25-18-6-8-19(9-7-18)34(24,31)32/h2-9H,10-16H2,1H3,(H,25,30)(H2,24,31,32). The van der Waals surface area contributed by atoms with Crippen LogP contribution in [-0.4, -0.2) is 67.0 Å². The molecule has 10 nitrogen and oxygen atoms in total. The molecule has 0 atom stereocenters. The van der Waals surface area contributed by atoms with Crippen molar-refractivity contribution in [1.82, 2.24) is 19.9 Å². The van der Waals surface area contributed by atoms with Gasteiger partial charge in [0.15, 0.2) is 0 Å². The van der Waals surface area contributed by atoms with E-state index in [2.05, 4.69) is 25.3 Å². The van der Waals surface area contributed by atoms with Crippen LogP contribution in [-0.2, 0) is 21.4 Å². The van der Waals surface area contributed by atoms with E-state index in [0.717, 1.165) is 37.3 Å². The van der Waals surface area contributed by atoms with Crippen LogP contribution in [0.25, 0.3) is 11.4 Å². The first kappa shape index (κ1) is 24.0. The van der Waals surface area contributed by atoms with Gasteiger partial charge in [-0.3, -0.25) is 9.69 Å². The van der Waals surface area contributed by atoms with Crippen LogP contribution in [0, 0.1) is 6.92 Å². The van der Waals surface area contributed by atoms with Crippen LogP contribution in [0.4, 0.5) is 5.69 Å². The summed E-state index contributed by atoms with van der Waals surface area (Å²) in [6.45, 7) is 6.64. The van der Waals surface area contributed by atoms with Gasteiger partial charge in [-0.15, -0.1) is 0 Å². The molecule has 0 aliphatic carbocycles. The van der Waals surface area contributed by atoms with Crippen molar-refractivity contribution in [3.05, 3.63) is 60.0 Å². The average molecular weight is 485 g/mol. The van der Waals surface area contributed by atoms with E-state index < -0.39 is 10.0 Å². The molecule has 4 rings (SSSR count). The number of aromatic nitrogens is 2. The highest BCUT2D eigenvalue weighted by Gasteiger charge is 2.20. The number of benzene rings is 2. The SMILES string of the molecule is Cc1ccccc1-c1noc(CN2CCN(CCC(=O)Nc3ccc(S(N)(=O)=O)cc3)CC2)n1. The Labute approximate surface area is 198 Å². The maximum Gasteiger partial charge on any atom is 0.241 e. The van der Waals surface area contributed by atoms with Crippen molar-refractivity contribution in [1.29, 1.82) is 0 Å². The van der Waals surface area contributed by atoms with Crippen LogP contribution in [0.2, 0.25) is 0 Å². The molecule has 34 heavy (non-hydrogen) atoms. The van der Waals surface area contributed by atoms with E-state index in [0.29, 0.717) is 36.9 Å². The molecule has 0 spiro atoms. The van der Waals surface area contributed by atoms with Crippen molar-refractivity contribution in [2.75, 3.05) is 38.0 Å². The highest BCUT2D eigenvalue weighted by molar-refractivity contribution is 7.89. The fourth-order valence-corrected chi connectivity index (χ4v) is 4.34. The average Bonchev–Trinajstić information content (AvgIpc) is 3.27. The zero-order valence-corrected chi connectivity index (χ0v) is 19.8. The van der Waals surface area contributed by atoms with Gasteiger partial charge in [-0.05, 0) is 36.8 Å². The molecule has 3 N–H and O–H groups in total. The topological polar surface area (TPSA) is 135 Å². The maximum atomic E-state index is 12.3. The Morgan fingerprint density at radius 2 is 1.74 bits per heavy atom. The van der Waals surface area contributed by atoms with Gasteiger partial charge in [0, 0.05) is 50.4 Å². The summed E-state index contributed by atoms with van der Waals surface area (Å²) in [4.78, 5) is 21.3. The fourth-order valence-electron chi connectivity index (χ4n) is 3.83. The Hall–Kier alpha value is -3.12. The molecule has 0 saturated carbocycles. The normalized spacial score (nSPS) is 15.4. The number of nitrogens with two attached hydrogens (primary N) is 1. The second-order valence-corrected chi connectivity index (χ2v) is 9.87. The lowest BCUT2D eigenvalue weighted by molar-refractivity contribution is -0.116. The first-order valence-corrected chi connectivity index (χ1v) is 12.6. The number of carbonyl (C=O) groups is 1. The maximum absolute atomic E-state index is 12.3. The van der Waals surface area contributed by atoms with E-state index in [1.165, 1.54) is 24.3 Å². The Morgan fingerprint density at radius 3 is 2.41 bits per heavy atom. The molecule has 1 saturated heterocycles. The minimum absolute atomic E-state index is 0.00954. The van der Waals surface area contributed by atoms with Gasteiger partial charge in [-0.2, -0.15) is 4.98 Å². The molecule has 3 aromatic rings. The minimum atomic E-state index is -3.75. The van der Waals surface area contributed by atoms with Crippen LogP contribution in [0.3, 0.4) is 0 Å². The minimum Gasteiger partial charge on any atom is -0.338 e. The van der Waals surface area contributed by atoms with Crippen molar-refractivity contribution in [3.63, 3.8) is 0 Å². The van der Waals surface area contributed by atoms with Crippen LogP contribution in [0.5, 0.6) is 0 Å². The molecule has 1 amide bonds. The number of carbonyl (C=O) groups excluding carboxylic acids is 1. The highest BCUT2D eigenvalue weighted by Crippen LogP contribution is 2.20. The van der Waals surface area contributed by atoms with Gasteiger partial charge in [0.05, 0.1) is 11.4 Å². The molecule has 1 aliphatic heterocycles. The number of sulfonamides is 1. The lowest BCUT2D eigenvalue weighted by Crippen LogP contribution is -2.46. The van der Waals surface area contributed by atoms with Crippen molar-refractivity contribution < 1.29 is 17.7 Å². The predicted octanol–water partition coefficient (Wildman–Crippen LogP) is 1.84. The number of rotatable bonds is 8. The third kappa shape index (κ3) is 6.26. The summed E-state index contributed by atoms with van der Waals surface area (Å²) >= 11 is 0. The van der Waals surface area contributed by atoms with Crippen LogP contribution < -0.4 is 10.5 Å². The summed E-state index contributed by atoms with van der Waals surface area (Å²) in [5.74, 6) is 1.08. The smallest absolute Gasteiger partial charge is 0.241 e. The largest absolute Gasteiger partial charge is 0.338 e. The summed E-state index contributed by atoms with van der Waals surface area (Å²) in [7, 11) is -3.75. The van der Waals surface area contributed by atoms with E-state index in [9.17, 15) is 13.2 Å². The summed E-state index contributed by atoms with van der Waals surface area (Å²) in [5.41, 5.74) is 2.61. The Bertz CT molecular complexity index is 1230. The zero-order valence-electron chi connectivity index (χ0n) is 19.0. The molecule has 0 radical (unpaired) electrons. The monoisotopic (exact) mass is 484 g/mol. The third-order valence-corrected chi connectivity index (χ3v) is 6.73. The third-order valence-electron chi connectivity index (χ3n) is 5.80. The Kier molecular flexibility index (Phi) is 7.37. The van der Waals surface area contributed by atoms with Gasteiger partial charge in [0.1, 0.15) is 0 Å². The molecule has 0 bridgehead atoms. The molecule has 1 fully saturated rings. The summed E-state index contributed by atoms with van der Waals surface area (Å²) in [6.07, 6.45) is 0.348. The first-order valence-electron chi connectivity index (χ1n) is 11.0. The Morgan fingerprint density at radius 1 is 1.06 bits per heavy atom. The number of piperazine rings is 1. The summed E-state index contributed by atoms with van der Waals surface area (Å²) in [6, 6.07) is 13.7. The molecular weight excluding hydrogens is 456 g/mol. The molecular formula is C23H28N6O4S. The second-order valence-electron chi connectivity index (χ2n) is 8.31. The lowest BCUT2D eigenvalue weighted by Gasteiger charge is -2.33. The molecule has 1 aliphatic rings. The zero-order chi connectivity index (χ0) is 24.1. The fraction of sp³-hybridized carbons (Fsp3) is 0.348. The van der Waals surface area contributed by atoms with Crippen molar-refractivity contribution in [2.45, 2.75) is 24.8 Å². The second kappa shape index (κ2) is 10.4. The predicted molar refractivity (Wildman–Crippen MR) is 127 cm³/mol. The molecule has 180 valence electrons. The van der Waals surface area contributed by atoms with Crippen molar-refractivity contribution in [3.8, 4) is 11.4 Å². The number of nitrogens with zero attached hydrogens (tertiary/aromatic N) is 4. The van der Waals surface area contributed by atoms with E-state index in [-0.39, 0.29) is 10.8 Å². The van der Waals surface area contributed by atoms with E-state index in [1.54, 1.807) is 0 Å². The lowest BCUT2D eigenvalue weighted by atomic mass is 10.1. The number of anilines is 1. The van der Waals surface area contributed by atoms with Gasteiger partial charge in [-0.1, -0.05) is 29.4 Å². The quantitative estimate of drug-likeness (QED) is 0.495. The van der Waals surface area contributed by atoms with Crippen LogP contribution >= 0.6 is 0 Å². The number of primary sulfonamides is 1. The van der Waals surface area contributed by atoms with Gasteiger partial charge < -0.3 is 14.7 Å². The van der Waals surface area contributed by atoms with E-state index in [4.69, 9.17) is 9.66 Å². The first-order chi connectivity index (χ1) is 16.3. The van der Waals surface area contributed by atoms with Gasteiger partial charge in [-0.25, -0.2) is 13.6 Å². The summed E-state index contributed by atoms with van der Waals surface area (Å²) in [5, 5.41) is 12.0. The number of hydrogen-bond donors (Lipinski definition) is 2. The number of aryl methyl sites for hydroxylation is 1. The van der Waals surface area contributed by atoms with Gasteiger partial charge >= 0.3 is 0 Å². The van der Waals surface area contributed by atoms with Gasteiger partial charge in [0.2, 0.25) is 27.6 Å². The molecule has 2 heterocycles. The molecule has 11 heteroatoms. The van der Waals surface area contributed by atoms with E-state index >= 15 is 0 Å². The highest BCUT2D eigenvalue weighted by atomic mass is 32.2. The molecule has 0 unspecified atom stereocenters. The van der Waals surface area contributed by atoms with Gasteiger partial charge in [0.25, 0.3) is 0 Å². The summed E-state index contributed by atoms with van der Waals surface area (Å²) < 4.78 is 28.1. The number of amides is 1. The Balaban J connectivity index is 1.19. The van der Waals surface area contributed by atoms with Crippen LogP contribution in [0.15, 0.2) is 57.9 Å². The van der Waals surface area contributed by atoms with Crippen molar-refractivity contribution >= 4 is 21.6 Å². The number of hydrogen-bond acceptors (Lipinski definition) is 8. The molecule has 2 aromatic carbocycles. The van der Waals surface area contributed by atoms with Crippen LogP contribution in [0.1, 0.15) is 17.9 Å². The van der Waals surface area contributed by atoms with Crippen molar-refractivity contribution in [2.24, 2.45) is 5.14 Å². The molecule has 1 aromatic heterocycles.